The van der Waals surface area contributed by atoms with E-state index in [4.69, 9.17) is 37.0 Å². The van der Waals surface area contributed by atoms with Crippen molar-refractivity contribution in [3.63, 3.8) is 0 Å². The van der Waals surface area contributed by atoms with E-state index in [-0.39, 0.29) is 25.7 Å². The van der Waals surface area contributed by atoms with Crippen LogP contribution < -0.4 is 0 Å². The number of esters is 4. The maximum absolute atomic E-state index is 13.1. The Morgan fingerprint density at radius 2 is 0.540 bits per heavy atom. The van der Waals surface area contributed by atoms with Crippen LogP contribution in [0.2, 0.25) is 0 Å². The summed E-state index contributed by atoms with van der Waals surface area (Å²) in [5, 5.41) is 10.6. The van der Waals surface area contributed by atoms with Crippen LogP contribution in [0, 0.1) is 0 Å². The predicted octanol–water partition coefficient (Wildman–Crippen LogP) is 22.3. The molecule has 0 aromatic carbocycles. The number of aliphatic hydroxyl groups excluding tert-OH is 1. The molecular weight excluding hydrogens is 1310 g/mol. The Morgan fingerprint density at radius 3 is 0.840 bits per heavy atom. The minimum Gasteiger partial charge on any atom is -0.462 e. The van der Waals surface area contributed by atoms with Crippen LogP contribution in [-0.4, -0.2) is 96.7 Å². The van der Waals surface area contributed by atoms with Crippen LogP contribution in [0.15, 0.2) is 122 Å². The fraction of sp³-hybridized carbons (Fsp3) is 0.704. The lowest BCUT2D eigenvalue weighted by Crippen LogP contribution is -2.30. The van der Waals surface area contributed by atoms with E-state index in [1.165, 1.54) is 19.3 Å². The molecule has 0 amide bonds. The maximum Gasteiger partial charge on any atom is 0.472 e. The monoisotopic (exact) mass is 1440 g/mol. The van der Waals surface area contributed by atoms with Crippen LogP contribution in [0.5, 0.6) is 0 Å². The molecule has 0 bridgehead atoms. The van der Waals surface area contributed by atoms with Crippen molar-refractivity contribution in [2.45, 2.75) is 329 Å². The van der Waals surface area contributed by atoms with Crippen LogP contribution in [0.25, 0.3) is 0 Å². The first kappa shape index (κ1) is 95.5. The molecular formula is C81H138O17P2. The Balaban J connectivity index is 5.38. The first-order valence-corrected chi connectivity index (χ1v) is 41.8. The van der Waals surface area contributed by atoms with E-state index in [9.17, 15) is 43.2 Å². The number of phosphoric acid groups is 2. The summed E-state index contributed by atoms with van der Waals surface area (Å²) in [5.41, 5.74) is 0. The topological polar surface area (TPSA) is 237 Å². The van der Waals surface area contributed by atoms with Gasteiger partial charge in [-0.15, -0.1) is 0 Å². The largest absolute Gasteiger partial charge is 0.472 e. The fourth-order valence-corrected chi connectivity index (χ4v) is 11.5. The highest BCUT2D eigenvalue weighted by Gasteiger charge is 2.30. The standard InChI is InChI=1S/C81H138O17P2/c1-5-9-13-17-21-25-29-33-35-36-37-38-40-43-46-50-54-58-62-66-79(84)92-72-77(98-81(86)68-64-60-56-52-48-44-39-34-30-26-22-18-14-10-6-2)74-96-100(89,90)94-70-75(82)69-93-99(87,88)95-73-76(97-80(85)67-63-59-55-51-47-42-32-28-24-20-16-12-8-4)71-91-78(83)65-61-57-53-49-45-41-31-27-23-19-15-11-7-3/h10,14-16,19-22,25-28,31-35,37-39,75-77,82H,5-9,11-13,17-18,23-24,29-30,36,40-74H2,1-4H3,(H,87,88)(H,89,90)/b14-10-,19-15-,20-16-,25-21-,26-22-,31-27-,32-28-,35-33-,38-37-,39-34-. The van der Waals surface area contributed by atoms with E-state index in [2.05, 4.69) is 149 Å². The molecule has 3 N–H and O–H groups in total. The van der Waals surface area contributed by atoms with Crippen molar-refractivity contribution >= 4 is 39.5 Å². The van der Waals surface area contributed by atoms with Gasteiger partial charge < -0.3 is 33.8 Å². The van der Waals surface area contributed by atoms with Crippen LogP contribution in [-0.2, 0) is 65.4 Å². The van der Waals surface area contributed by atoms with E-state index in [0.29, 0.717) is 25.7 Å². The van der Waals surface area contributed by atoms with Crippen molar-refractivity contribution in [3.05, 3.63) is 122 Å². The van der Waals surface area contributed by atoms with Crippen molar-refractivity contribution in [2.75, 3.05) is 39.6 Å². The van der Waals surface area contributed by atoms with Gasteiger partial charge in [-0.1, -0.05) is 258 Å². The average molecular weight is 1450 g/mol. The minimum atomic E-state index is -4.99. The molecule has 0 saturated heterocycles. The molecule has 0 heterocycles. The van der Waals surface area contributed by atoms with Crippen LogP contribution >= 0.6 is 15.6 Å². The second-order valence-corrected chi connectivity index (χ2v) is 28.5. The van der Waals surface area contributed by atoms with Crippen molar-refractivity contribution in [1.29, 1.82) is 0 Å². The number of ether oxygens (including phenoxy) is 4. The highest BCUT2D eigenvalue weighted by atomic mass is 31.2. The number of phosphoric ester groups is 2. The molecule has 0 aromatic rings. The average Bonchev–Trinajstić information content (AvgIpc) is 0.946. The van der Waals surface area contributed by atoms with E-state index >= 15 is 0 Å². The van der Waals surface area contributed by atoms with Crippen molar-refractivity contribution in [2.24, 2.45) is 0 Å². The number of allylic oxidation sites excluding steroid dienone is 20. The van der Waals surface area contributed by atoms with Gasteiger partial charge in [0, 0.05) is 25.7 Å². The van der Waals surface area contributed by atoms with Gasteiger partial charge in [-0.3, -0.25) is 37.3 Å². The maximum atomic E-state index is 13.1. The van der Waals surface area contributed by atoms with E-state index < -0.39 is 97.5 Å². The van der Waals surface area contributed by atoms with Gasteiger partial charge in [0.15, 0.2) is 12.2 Å². The molecule has 0 spiro atoms. The summed E-state index contributed by atoms with van der Waals surface area (Å²) in [6, 6.07) is 0. The van der Waals surface area contributed by atoms with Gasteiger partial charge in [-0.25, -0.2) is 9.13 Å². The first-order valence-electron chi connectivity index (χ1n) is 38.8. The summed E-state index contributed by atoms with van der Waals surface area (Å²) in [6.07, 6.45) is 79.0. The second kappa shape index (κ2) is 72.8. The van der Waals surface area contributed by atoms with Gasteiger partial charge in [-0.05, 0) is 148 Å². The lowest BCUT2D eigenvalue weighted by atomic mass is 10.1. The second-order valence-electron chi connectivity index (χ2n) is 25.6. The number of unbranched alkanes of at least 4 members (excludes halogenated alkanes) is 26. The smallest absolute Gasteiger partial charge is 0.462 e. The van der Waals surface area contributed by atoms with Gasteiger partial charge in [-0.2, -0.15) is 0 Å². The first-order chi connectivity index (χ1) is 48.7. The van der Waals surface area contributed by atoms with E-state index in [1.54, 1.807) is 0 Å². The molecule has 5 unspecified atom stereocenters. The molecule has 0 aromatic heterocycles. The van der Waals surface area contributed by atoms with Gasteiger partial charge in [0.25, 0.3) is 0 Å². The van der Waals surface area contributed by atoms with E-state index in [0.717, 1.165) is 212 Å². The predicted molar refractivity (Wildman–Crippen MR) is 408 cm³/mol. The third-order valence-corrected chi connectivity index (χ3v) is 17.7. The highest BCUT2D eigenvalue weighted by molar-refractivity contribution is 7.47. The van der Waals surface area contributed by atoms with Crippen LogP contribution in [0.4, 0.5) is 0 Å². The molecule has 0 aliphatic carbocycles. The summed E-state index contributed by atoms with van der Waals surface area (Å²) in [4.78, 5) is 72.9. The molecule has 19 heteroatoms. The molecule has 0 aliphatic rings. The molecule has 0 radical (unpaired) electrons. The summed E-state index contributed by atoms with van der Waals surface area (Å²) < 4.78 is 68.5. The third kappa shape index (κ3) is 71.8. The minimum absolute atomic E-state index is 0.0698. The summed E-state index contributed by atoms with van der Waals surface area (Å²) >= 11 is 0. The van der Waals surface area contributed by atoms with Crippen molar-refractivity contribution < 1.29 is 80.2 Å². The number of carbonyl (C=O) groups is 4. The molecule has 0 saturated carbocycles. The molecule has 100 heavy (non-hydrogen) atoms. The zero-order valence-corrected chi connectivity index (χ0v) is 64.4. The Bertz CT molecular complexity index is 2370. The molecule has 574 valence electrons. The lowest BCUT2D eigenvalue weighted by molar-refractivity contribution is -0.161. The number of carbonyl (C=O) groups excluding carboxylic acids is 4. The zero-order chi connectivity index (χ0) is 73.2. The molecule has 17 nitrogen and oxygen atoms in total. The fourth-order valence-electron chi connectivity index (χ4n) is 9.96. The summed E-state index contributed by atoms with van der Waals surface area (Å²) in [5.74, 6) is -2.24. The van der Waals surface area contributed by atoms with Gasteiger partial charge in [0.1, 0.15) is 19.3 Å². The summed E-state index contributed by atoms with van der Waals surface area (Å²) in [6.45, 7) is 4.54. The molecule has 5 atom stereocenters. The number of aliphatic hydroxyl groups is 1. The normalized spacial score (nSPS) is 14.6. The van der Waals surface area contributed by atoms with Crippen molar-refractivity contribution in [3.8, 4) is 0 Å². The number of rotatable bonds is 72. The van der Waals surface area contributed by atoms with Gasteiger partial charge in [0.2, 0.25) is 0 Å². The summed E-state index contributed by atoms with van der Waals surface area (Å²) in [7, 11) is -9.97. The highest BCUT2D eigenvalue weighted by Crippen LogP contribution is 2.45. The van der Waals surface area contributed by atoms with E-state index in [1.807, 2.05) is 0 Å². The van der Waals surface area contributed by atoms with Crippen molar-refractivity contribution in [1.82, 2.24) is 0 Å². The van der Waals surface area contributed by atoms with Crippen LogP contribution in [0.3, 0.4) is 0 Å². The Hall–Kier alpha value is -4.54. The van der Waals surface area contributed by atoms with Crippen LogP contribution in [0.1, 0.15) is 310 Å². The Labute approximate surface area is 606 Å². The lowest BCUT2D eigenvalue weighted by Gasteiger charge is -2.21. The third-order valence-electron chi connectivity index (χ3n) is 15.8. The van der Waals surface area contributed by atoms with Gasteiger partial charge in [0.05, 0.1) is 26.4 Å². The van der Waals surface area contributed by atoms with Gasteiger partial charge >= 0.3 is 39.5 Å². The Morgan fingerprint density at radius 1 is 0.290 bits per heavy atom. The molecule has 0 aliphatic heterocycles. The SMILES string of the molecule is CC/C=C\C/C=C\C/C=C\CCCCCCCC(=O)OC(COC(=O)CCCCCCCC/C=C\C/C=C\C/C=C\CCCCC)COP(=O)(O)OCC(O)COP(=O)(O)OCC(COC(=O)CCCCCCC/C=C\C/C=C\CCC)OC(=O)CCCCCCC/C=C\C/C=C\CCC. The number of hydrogen-bond acceptors (Lipinski definition) is 15. The quantitative estimate of drug-likeness (QED) is 0.0169. The number of hydrogen-bond donors (Lipinski definition) is 3. The molecule has 0 fully saturated rings. The molecule has 0 rings (SSSR count). The Kier molecular flexibility index (Phi) is 69.5. The zero-order valence-electron chi connectivity index (χ0n) is 62.6.